The van der Waals surface area contributed by atoms with Crippen LogP contribution in [-0.2, 0) is 0 Å². The Morgan fingerprint density at radius 2 is 1.02 bits per heavy atom. The fraction of sp³-hybridized carbons (Fsp3) is 0. The average Bonchev–Trinajstić information content (AvgIpc) is 3.74. The molecule has 3 heteroatoms. The molecule has 0 atom stereocenters. The van der Waals surface area contributed by atoms with Gasteiger partial charge < -0.3 is 4.57 Å². The lowest BCUT2D eigenvalue weighted by Gasteiger charge is -2.13. The third-order valence-corrected chi connectivity index (χ3v) is 10.7. The molecule has 52 heavy (non-hydrogen) atoms. The Labute approximate surface area is 300 Å². The zero-order valence-electron chi connectivity index (χ0n) is 28.2. The molecule has 0 N–H and O–H groups in total. The highest BCUT2D eigenvalue weighted by molar-refractivity contribution is 6.26. The number of hydrogen-bond donors (Lipinski definition) is 0. The van der Waals surface area contributed by atoms with Gasteiger partial charge in [-0.1, -0.05) is 133 Å². The molecular formula is C49H31N3. The normalized spacial score (nSPS) is 11.8. The lowest BCUT2D eigenvalue weighted by molar-refractivity contribution is 1.08. The summed E-state index contributed by atoms with van der Waals surface area (Å²) in [6.07, 6.45) is 0. The van der Waals surface area contributed by atoms with Crippen LogP contribution in [-0.4, -0.2) is 14.1 Å². The summed E-state index contributed by atoms with van der Waals surface area (Å²) < 4.78 is 4.74. The average molecular weight is 662 g/mol. The summed E-state index contributed by atoms with van der Waals surface area (Å²) in [5, 5.41) is 7.52. The van der Waals surface area contributed by atoms with Crippen molar-refractivity contribution in [2.75, 3.05) is 0 Å². The maximum atomic E-state index is 5.36. The van der Waals surface area contributed by atoms with Crippen molar-refractivity contribution >= 4 is 54.4 Å². The highest BCUT2D eigenvalue weighted by atomic mass is 15.1. The van der Waals surface area contributed by atoms with Gasteiger partial charge in [0.1, 0.15) is 5.82 Å². The van der Waals surface area contributed by atoms with Crippen LogP contribution in [0.2, 0.25) is 0 Å². The number of pyridine rings is 1. The van der Waals surface area contributed by atoms with E-state index in [4.69, 9.17) is 4.98 Å². The summed E-state index contributed by atoms with van der Waals surface area (Å²) in [7, 11) is 0. The van der Waals surface area contributed by atoms with Gasteiger partial charge in [0, 0.05) is 32.8 Å². The van der Waals surface area contributed by atoms with Crippen LogP contribution >= 0.6 is 0 Å². The summed E-state index contributed by atoms with van der Waals surface area (Å²) in [6, 6.07) is 67.8. The van der Waals surface area contributed by atoms with Gasteiger partial charge >= 0.3 is 0 Å². The van der Waals surface area contributed by atoms with E-state index >= 15 is 0 Å². The molecule has 0 bridgehead atoms. The Morgan fingerprint density at radius 3 is 1.85 bits per heavy atom. The Hall–Kier alpha value is -6.97. The van der Waals surface area contributed by atoms with Crippen molar-refractivity contribution in [1.82, 2.24) is 14.1 Å². The van der Waals surface area contributed by atoms with Crippen molar-refractivity contribution in [3.63, 3.8) is 0 Å². The first kappa shape index (κ1) is 28.8. The second-order valence-corrected chi connectivity index (χ2v) is 13.6. The first-order valence-electron chi connectivity index (χ1n) is 17.8. The number of para-hydroxylation sites is 2. The molecule has 11 aromatic rings. The quantitative estimate of drug-likeness (QED) is 0.168. The summed E-state index contributed by atoms with van der Waals surface area (Å²) >= 11 is 0. The summed E-state index contributed by atoms with van der Waals surface area (Å²) in [5.41, 5.74) is 12.7. The van der Waals surface area contributed by atoms with Gasteiger partial charge in [-0.3, -0.25) is 4.57 Å². The second-order valence-electron chi connectivity index (χ2n) is 13.6. The molecule has 0 radical (unpaired) electrons. The Kier molecular flexibility index (Phi) is 6.25. The summed E-state index contributed by atoms with van der Waals surface area (Å²) in [5.74, 6) is 0.910. The van der Waals surface area contributed by atoms with E-state index < -0.39 is 0 Å². The molecule has 0 amide bonds. The molecule has 242 valence electrons. The summed E-state index contributed by atoms with van der Waals surface area (Å²) in [4.78, 5) is 5.36. The van der Waals surface area contributed by atoms with Gasteiger partial charge in [0.05, 0.1) is 27.8 Å². The van der Waals surface area contributed by atoms with Crippen molar-refractivity contribution in [1.29, 1.82) is 0 Å². The number of hydrogen-bond acceptors (Lipinski definition) is 1. The maximum Gasteiger partial charge on any atom is 0.138 e. The number of benzene rings is 8. The lowest BCUT2D eigenvalue weighted by Crippen LogP contribution is -2.00. The number of nitrogens with zero attached hydrogens (tertiary/aromatic N) is 3. The zero-order valence-corrected chi connectivity index (χ0v) is 28.2. The highest BCUT2D eigenvalue weighted by Crippen LogP contribution is 2.44. The van der Waals surface area contributed by atoms with Gasteiger partial charge in [-0.2, -0.15) is 0 Å². The molecule has 0 spiro atoms. The van der Waals surface area contributed by atoms with Crippen molar-refractivity contribution < 1.29 is 0 Å². The van der Waals surface area contributed by atoms with Crippen LogP contribution in [0.5, 0.6) is 0 Å². The van der Waals surface area contributed by atoms with Crippen LogP contribution in [0.1, 0.15) is 0 Å². The maximum absolute atomic E-state index is 5.36. The van der Waals surface area contributed by atoms with Crippen molar-refractivity contribution in [2.45, 2.75) is 0 Å². The van der Waals surface area contributed by atoms with Crippen molar-refractivity contribution in [3.8, 4) is 45.0 Å². The van der Waals surface area contributed by atoms with Crippen LogP contribution in [0.4, 0.5) is 0 Å². The standard InChI is InChI=1S/C49H31N3/c1-4-13-32(14-5-1)36-30-42(33-15-6-2-7-16-33)50-47(31-36)52-45-22-12-17-34-23-25-40-38(26-28-46(52)49(40)48(34)45)35-24-27-44-41(29-35)39-20-10-11-21-43(39)51(44)37-18-8-3-9-19-37/h1-31H. The lowest BCUT2D eigenvalue weighted by atomic mass is 9.94. The molecule has 0 saturated carbocycles. The van der Waals surface area contributed by atoms with Gasteiger partial charge in [-0.05, 0) is 87.6 Å². The molecule has 8 aromatic carbocycles. The molecule has 11 rings (SSSR count). The minimum atomic E-state index is 0.910. The molecule has 0 aliphatic carbocycles. The molecule has 0 unspecified atom stereocenters. The molecule has 0 saturated heterocycles. The van der Waals surface area contributed by atoms with Crippen molar-refractivity contribution in [2.24, 2.45) is 0 Å². The fourth-order valence-electron chi connectivity index (χ4n) is 8.37. The van der Waals surface area contributed by atoms with E-state index in [0.29, 0.717) is 0 Å². The predicted octanol–water partition coefficient (Wildman–Crippen LogP) is 12.9. The largest absolute Gasteiger partial charge is 0.309 e. The minimum absolute atomic E-state index is 0.910. The smallest absolute Gasteiger partial charge is 0.138 e. The van der Waals surface area contributed by atoms with Gasteiger partial charge in [0.15, 0.2) is 0 Å². The molecular weight excluding hydrogens is 631 g/mol. The number of fused-ring (bicyclic) bond motifs is 3. The Bertz CT molecular complexity index is 3040. The van der Waals surface area contributed by atoms with E-state index in [1.165, 1.54) is 65.7 Å². The van der Waals surface area contributed by atoms with Gasteiger partial charge in [0.25, 0.3) is 0 Å². The Morgan fingerprint density at radius 1 is 0.346 bits per heavy atom. The van der Waals surface area contributed by atoms with Gasteiger partial charge in [-0.25, -0.2) is 4.98 Å². The van der Waals surface area contributed by atoms with Crippen LogP contribution in [0.3, 0.4) is 0 Å². The third-order valence-electron chi connectivity index (χ3n) is 10.7. The molecule has 3 nitrogen and oxygen atoms in total. The van der Waals surface area contributed by atoms with E-state index in [2.05, 4.69) is 197 Å². The van der Waals surface area contributed by atoms with Crippen LogP contribution < -0.4 is 0 Å². The zero-order chi connectivity index (χ0) is 34.2. The van der Waals surface area contributed by atoms with Crippen LogP contribution in [0.25, 0.3) is 99.4 Å². The fourth-order valence-corrected chi connectivity index (χ4v) is 8.37. The van der Waals surface area contributed by atoms with Gasteiger partial charge in [0.2, 0.25) is 0 Å². The first-order chi connectivity index (χ1) is 25.8. The monoisotopic (exact) mass is 661 g/mol. The van der Waals surface area contributed by atoms with Crippen LogP contribution in [0, 0.1) is 0 Å². The van der Waals surface area contributed by atoms with E-state index in [9.17, 15) is 0 Å². The van der Waals surface area contributed by atoms with Gasteiger partial charge in [-0.15, -0.1) is 0 Å². The van der Waals surface area contributed by atoms with E-state index in [0.717, 1.165) is 33.7 Å². The van der Waals surface area contributed by atoms with E-state index in [1.807, 2.05) is 0 Å². The second kappa shape index (κ2) is 11.3. The van der Waals surface area contributed by atoms with E-state index in [1.54, 1.807) is 0 Å². The highest BCUT2D eigenvalue weighted by Gasteiger charge is 2.21. The van der Waals surface area contributed by atoms with Crippen molar-refractivity contribution in [3.05, 3.63) is 188 Å². The molecule has 3 aromatic heterocycles. The molecule has 0 aliphatic rings. The van der Waals surface area contributed by atoms with E-state index in [-0.39, 0.29) is 0 Å². The summed E-state index contributed by atoms with van der Waals surface area (Å²) in [6.45, 7) is 0. The first-order valence-corrected chi connectivity index (χ1v) is 17.8. The Balaban J connectivity index is 1.16. The predicted molar refractivity (Wildman–Crippen MR) is 218 cm³/mol. The SMILES string of the molecule is c1ccc(-c2cc(-c3ccccc3)nc(-n3c4cccc5ccc6c(-c7ccc8c(c7)c7ccccc7n8-c7ccccc7)ccc3c6c54)c2)cc1. The molecule has 0 fully saturated rings. The number of rotatable bonds is 5. The molecule has 0 aliphatic heterocycles. The third kappa shape index (κ3) is 4.30. The topological polar surface area (TPSA) is 22.8 Å². The molecule has 3 heterocycles. The minimum Gasteiger partial charge on any atom is -0.309 e. The van der Waals surface area contributed by atoms with Crippen LogP contribution in [0.15, 0.2) is 188 Å². The number of aromatic nitrogens is 3.